The van der Waals surface area contributed by atoms with E-state index < -0.39 is 0 Å². The standard InChI is InChI=1S/C14H26N2O.ClH/c1-3-12-6-4-9-16(10-12)13(17)14(2)7-5-8-15-11-14;/h12,15H,3-11H2,1-2H3;1H. The molecule has 2 unspecified atom stereocenters. The SMILES string of the molecule is CCC1CCCN(C(=O)C2(C)CCCNC2)C1.Cl. The predicted molar refractivity (Wildman–Crippen MR) is 77.1 cm³/mol. The topological polar surface area (TPSA) is 32.3 Å². The summed E-state index contributed by atoms with van der Waals surface area (Å²) < 4.78 is 0. The fourth-order valence-corrected chi connectivity index (χ4v) is 3.20. The molecule has 106 valence electrons. The molecule has 0 aromatic carbocycles. The third kappa shape index (κ3) is 3.39. The number of hydrogen-bond donors (Lipinski definition) is 1. The van der Waals surface area contributed by atoms with Gasteiger partial charge in [0.05, 0.1) is 5.41 Å². The number of likely N-dealkylation sites (tertiary alicyclic amines) is 1. The molecule has 2 aliphatic rings. The number of carbonyl (C=O) groups is 1. The van der Waals surface area contributed by atoms with Gasteiger partial charge in [0.1, 0.15) is 0 Å². The van der Waals surface area contributed by atoms with Crippen LogP contribution in [0.15, 0.2) is 0 Å². The van der Waals surface area contributed by atoms with E-state index in [-0.39, 0.29) is 17.8 Å². The Labute approximate surface area is 117 Å². The zero-order chi connectivity index (χ0) is 12.3. The number of piperidine rings is 2. The number of carbonyl (C=O) groups excluding carboxylic acids is 1. The third-order valence-electron chi connectivity index (χ3n) is 4.50. The van der Waals surface area contributed by atoms with Gasteiger partial charge in [-0.3, -0.25) is 4.79 Å². The molecule has 0 aliphatic carbocycles. The molecule has 2 atom stereocenters. The van der Waals surface area contributed by atoms with Crippen LogP contribution in [0.25, 0.3) is 0 Å². The van der Waals surface area contributed by atoms with Crippen LogP contribution in [0.3, 0.4) is 0 Å². The predicted octanol–water partition coefficient (Wildman–Crippen LogP) is 2.45. The Hall–Kier alpha value is -0.280. The molecular formula is C14H27ClN2O. The number of halogens is 1. The van der Waals surface area contributed by atoms with Crippen molar-refractivity contribution in [2.45, 2.75) is 46.0 Å². The molecular weight excluding hydrogens is 248 g/mol. The monoisotopic (exact) mass is 274 g/mol. The maximum atomic E-state index is 12.6. The van der Waals surface area contributed by atoms with Crippen LogP contribution >= 0.6 is 12.4 Å². The first-order chi connectivity index (χ1) is 8.15. The Morgan fingerprint density at radius 2 is 2.22 bits per heavy atom. The molecule has 1 amide bonds. The fraction of sp³-hybridized carbons (Fsp3) is 0.929. The van der Waals surface area contributed by atoms with Gasteiger partial charge in [-0.15, -0.1) is 12.4 Å². The van der Waals surface area contributed by atoms with Crippen molar-refractivity contribution >= 4 is 18.3 Å². The Morgan fingerprint density at radius 1 is 1.44 bits per heavy atom. The quantitative estimate of drug-likeness (QED) is 0.839. The van der Waals surface area contributed by atoms with E-state index in [1.54, 1.807) is 0 Å². The molecule has 1 N–H and O–H groups in total. The molecule has 2 fully saturated rings. The van der Waals surface area contributed by atoms with Gasteiger partial charge < -0.3 is 10.2 Å². The van der Waals surface area contributed by atoms with Crippen molar-refractivity contribution in [3.05, 3.63) is 0 Å². The van der Waals surface area contributed by atoms with Crippen molar-refractivity contribution in [2.24, 2.45) is 11.3 Å². The Bertz CT molecular complexity index is 277. The lowest BCUT2D eigenvalue weighted by atomic mass is 9.80. The number of rotatable bonds is 2. The van der Waals surface area contributed by atoms with E-state index in [4.69, 9.17) is 0 Å². The average Bonchev–Trinajstić information content (AvgIpc) is 2.39. The van der Waals surface area contributed by atoms with Gasteiger partial charge in [-0.05, 0) is 45.1 Å². The Kier molecular flexibility index (Phi) is 5.93. The number of amides is 1. The van der Waals surface area contributed by atoms with Gasteiger partial charge in [0.25, 0.3) is 0 Å². The highest BCUT2D eigenvalue weighted by molar-refractivity contribution is 5.85. The van der Waals surface area contributed by atoms with Crippen molar-refractivity contribution in [2.75, 3.05) is 26.2 Å². The first-order valence-electron chi connectivity index (χ1n) is 7.16. The number of nitrogens with one attached hydrogen (secondary N) is 1. The first-order valence-corrected chi connectivity index (χ1v) is 7.16. The largest absolute Gasteiger partial charge is 0.342 e. The summed E-state index contributed by atoms with van der Waals surface area (Å²) in [4.78, 5) is 14.8. The van der Waals surface area contributed by atoms with E-state index in [0.29, 0.717) is 5.91 Å². The van der Waals surface area contributed by atoms with Crippen molar-refractivity contribution in [1.29, 1.82) is 0 Å². The molecule has 0 radical (unpaired) electrons. The number of hydrogen-bond acceptors (Lipinski definition) is 2. The Balaban J connectivity index is 0.00000162. The lowest BCUT2D eigenvalue weighted by molar-refractivity contribution is -0.144. The summed E-state index contributed by atoms with van der Waals surface area (Å²) in [6, 6.07) is 0. The van der Waals surface area contributed by atoms with Gasteiger partial charge in [0, 0.05) is 19.6 Å². The minimum absolute atomic E-state index is 0. The molecule has 0 bridgehead atoms. The summed E-state index contributed by atoms with van der Waals surface area (Å²) in [6.07, 6.45) is 5.88. The second-order valence-corrected chi connectivity index (χ2v) is 6.01. The molecule has 0 aromatic rings. The van der Waals surface area contributed by atoms with E-state index in [9.17, 15) is 4.79 Å². The zero-order valence-corrected chi connectivity index (χ0v) is 12.5. The minimum atomic E-state index is -0.145. The van der Waals surface area contributed by atoms with Crippen LogP contribution in [0.2, 0.25) is 0 Å². The molecule has 2 saturated heterocycles. The second-order valence-electron chi connectivity index (χ2n) is 6.01. The molecule has 0 saturated carbocycles. The third-order valence-corrected chi connectivity index (χ3v) is 4.50. The van der Waals surface area contributed by atoms with Crippen LogP contribution in [0, 0.1) is 11.3 Å². The lowest BCUT2D eigenvalue weighted by Gasteiger charge is -2.40. The van der Waals surface area contributed by atoms with E-state index in [0.717, 1.165) is 44.9 Å². The maximum Gasteiger partial charge on any atom is 0.229 e. The van der Waals surface area contributed by atoms with Crippen LogP contribution in [0.5, 0.6) is 0 Å². The van der Waals surface area contributed by atoms with Crippen LogP contribution < -0.4 is 5.32 Å². The highest BCUT2D eigenvalue weighted by atomic mass is 35.5. The fourth-order valence-electron chi connectivity index (χ4n) is 3.20. The molecule has 0 aromatic heterocycles. The molecule has 18 heavy (non-hydrogen) atoms. The highest BCUT2D eigenvalue weighted by Crippen LogP contribution is 2.30. The smallest absolute Gasteiger partial charge is 0.229 e. The van der Waals surface area contributed by atoms with Crippen molar-refractivity contribution in [3.63, 3.8) is 0 Å². The molecule has 4 heteroatoms. The molecule has 3 nitrogen and oxygen atoms in total. The van der Waals surface area contributed by atoms with Crippen LogP contribution in [-0.2, 0) is 4.79 Å². The van der Waals surface area contributed by atoms with E-state index in [2.05, 4.69) is 24.1 Å². The van der Waals surface area contributed by atoms with Crippen LogP contribution in [0.4, 0.5) is 0 Å². The van der Waals surface area contributed by atoms with Crippen LogP contribution in [-0.4, -0.2) is 37.0 Å². The summed E-state index contributed by atoms with van der Waals surface area (Å²) in [6.45, 7) is 8.27. The van der Waals surface area contributed by atoms with Gasteiger partial charge in [-0.25, -0.2) is 0 Å². The zero-order valence-electron chi connectivity index (χ0n) is 11.7. The highest BCUT2D eigenvalue weighted by Gasteiger charge is 2.38. The van der Waals surface area contributed by atoms with Gasteiger partial charge in [0.15, 0.2) is 0 Å². The molecule has 2 aliphatic heterocycles. The summed E-state index contributed by atoms with van der Waals surface area (Å²) in [5.41, 5.74) is -0.145. The molecule has 0 spiro atoms. The summed E-state index contributed by atoms with van der Waals surface area (Å²) in [5.74, 6) is 1.12. The maximum absolute atomic E-state index is 12.6. The summed E-state index contributed by atoms with van der Waals surface area (Å²) >= 11 is 0. The Morgan fingerprint density at radius 3 is 2.83 bits per heavy atom. The van der Waals surface area contributed by atoms with Gasteiger partial charge in [0.2, 0.25) is 5.91 Å². The molecule has 2 rings (SSSR count). The van der Waals surface area contributed by atoms with Gasteiger partial charge in [-0.2, -0.15) is 0 Å². The lowest BCUT2D eigenvalue weighted by Crippen LogP contribution is -2.52. The van der Waals surface area contributed by atoms with Crippen molar-refractivity contribution < 1.29 is 4.79 Å². The molecule has 2 heterocycles. The van der Waals surface area contributed by atoms with Crippen molar-refractivity contribution in [3.8, 4) is 0 Å². The summed E-state index contributed by atoms with van der Waals surface area (Å²) in [5, 5.41) is 3.37. The normalized spacial score (nSPS) is 32.8. The minimum Gasteiger partial charge on any atom is -0.342 e. The van der Waals surface area contributed by atoms with Crippen LogP contribution in [0.1, 0.15) is 46.0 Å². The van der Waals surface area contributed by atoms with Crippen molar-refractivity contribution in [1.82, 2.24) is 10.2 Å². The van der Waals surface area contributed by atoms with Gasteiger partial charge >= 0.3 is 0 Å². The number of nitrogens with zero attached hydrogens (tertiary/aromatic N) is 1. The van der Waals surface area contributed by atoms with E-state index >= 15 is 0 Å². The first kappa shape index (κ1) is 15.8. The van der Waals surface area contributed by atoms with E-state index in [1.807, 2.05) is 0 Å². The average molecular weight is 275 g/mol. The summed E-state index contributed by atoms with van der Waals surface area (Å²) in [7, 11) is 0. The second kappa shape index (κ2) is 6.76. The van der Waals surface area contributed by atoms with Gasteiger partial charge in [-0.1, -0.05) is 13.3 Å². The van der Waals surface area contributed by atoms with E-state index in [1.165, 1.54) is 19.3 Å².